The van der Waals surface area contributed by atoms with E-state index < -0.39 is 0 Å². The number of nitrogen functional groups attached to an aromatic ring is 1. The fraction of sp³-hybridized carbons (Fsp3) is 0.786. The second kappa shape index (κ2) is 4.69. The van der Waals surface area contributed by atoms with Crippen LogP contribution in [0.4, 0.5) is 17.8 Å². The van der Waals surface area contributed by atoms with Crippen LogP contribution in [0.2, 0.25) is 0 Å². The van der Waals surface area contributed by atoms with E-state index in [0.29, 0.717) is 31.2 Å². The Morgan fingerprint density at radius 2 is 1.71 bits per heavy atom. The summed E-state index contributed by atoms with van der Waals surface area (Å²) >= 11 is 0. The highest BCUT2D eigenvalue weighted by atomic mass is 16.5. The number of nitrogens with one attached hydrogen (secondary N) is 1. The molecule has 3 rings (SSSR count). The number of nitrogens with zero attached hydrogens (tertiary/aromatic N) is 4. The van der Waals surface area contributed by atoms with Crippen molar-refractivity contribution < 1.29 is 4.74 Å². The van der Waals surface area contributed by atoms with Crippen LogP contribution in [0.5, 0.6) is 0 Å². The van der Waals surface area contributed by atoms with Gasteiger partial charge in [-0.05, 0) is 10.8 Å². The van der Waals surface area contributed by atoms with E-state index in [1.54, 1.807) is 0 Å². The molecule has 0 amide bonds. The molecule has 0 unspecified atom stereocenters. The highest BCUT2D eigenvalue weighted by Gasteiger charge is 2.65. The van der Waals surface area contributed by atoms with Crippen LogP contribution in [-0.2, 0) is 4.74 Å². The van der Waals surface area contributed by atoms with Gasteiger partial charge < -0.3 is 20.7 Å². The van der Waals surface area contributed by atoms with Crippen molar-refractivity contribution in [3.8, 4) is 0 Å². The summed E-state index contributed by atoms with van der Waals surface area (Å²) in [6.07, 6.45) is 0. The molecule has 3 N–H and O–H groups in total. The maximum atomic E-state index is 5.84. The zero-order chi connectivity index (χ0) is 15.3. The molecule has 0 spiro atoms. The summed E-state index contributed by atoms with van der Waals surface area (Å²) in [7, 11) is 0. The molecule has 2 fully saturated rings. The first-order chi connectivity index (χ1) is 9.82. The van der Waals surface area contributed by atoms with Crippen molar-refractivity contribution >= 4 is 17.8 Å². The van der Waals surface area contributed by atoms with Crippen LogP contribution < -0.4 is 16.0 Å². The second-order valence-corrected chi connectivity index (χ2v) is 6.94. The van der Waals surface area contributed by atoms with Gasteiger partial charge in [0.2, 0.25) is 17.8 Å². The third-order valence-corrected chi connectivity index (χ3v) is 5.23. The zero-order valence-electron chi connectivity index (χ0n) is 13.2. The highest BCUT2D eigenvalue weighted by molar-refractivity contribution is 5.45. The van der Waals surface area contributed by atoms with Gasteiger partial charge in [0.05, 0.1) is 13.2 Å². The summed E-state index contributed by atoms with van der Waals surface area (Å²) < 4.78 is 5.35. The molecule has 0 atom stereocenters. The van der Waals surface area contributed by atoms with Gasteiger partial charge in [-0.3, -0.25) is 0 Å². The van der Waals surface area contributed by atoms with Crippen LogP contribution in [0.25, 0.3) is 0 Å². The Morgan fingerprint density at radius 3 is 2.29 bits per heavy atom. The average Bonchev–Trinajstić information content (AvgIpc) is 2.82. The van der Waals surface area contributed by atoms with Gasteiger partial charge in [0.15, 0.2) is 0 Å². The molecule has 0 radical (unpaired) electrons. The van der Waals surface area contributed by atoms with E-state index in [1.165, 1.54) is 0 Å². The van der Waals surface area contributed by atoms with Gasteiger partial charge in [-0.25, -0.2) is 0 Å². The third kappa shape index (κ3) is 2.39. The summed E-state index contributed by atoms with van der Waals surface area (Å²) in [6.45, 7) is 11.9. The minimum atomic E-state index is 0.216. The Morgan fingerprint density at radius 1 is 1.10 bits per heavy atom. The molecule has 1 aromatic rings. The van der Waals surface area contributed by atoms with Crippen LogP contribution in [0.15, 0.2) is 0 Å². The van der Waals surface area contributed by atoms with Crippen molar-refractivity contribution in [3.63, 3.8) is 0 Å². The molecule has 1 saturated heterocycles. The molecule has 116 valence electrons. The molecule has 2 aliphatic rings. The van der Waals surface area contributed by atoms with Gasteiger partial charge >= 0.3 is 0 Å². The summed E-state index contributed by atoms with van der Waals surface area (Å²) in [5.41, 5.74) is 6.27. The number of hydrogen-bond donors (Lipinski definition) is 2. The summed E-state index contributed by atoms with van der Waals surface area (Å²) in [5.74, 6) is 1.45. The summed E-state index contributed by atoms with van der Waals surface area (Å²) in [4.78, 5) is 15.1. The molecular formula is C14H24N6O. The molecule has 2 heterocycles. The van der Waals surface area contributed by atoms with Crippen LogP contribution in [0, 0.1) is 10.8 Å². The number of rotatable bonds is 3. The van der Waals surface area contributed by atoms with Crippen LogP contribution in [0.3, 0.4) is 0 Å². The topological polar surface area (TPSA) is 89.2 Å². The zero-order valence-corrected chi connectivity index (χ0v) is 13.2. The van der Waals surface area contributed by atoms with Gasteiger partial charge in [0, 0.05) is 19.1 Å². The maximum absolute atomic E-state index is 5.84. The molecule has 1 aliphatic carbocycles. The average molecular weight is 292 g/mol. The molecule has 1 aliphatic heterocycles. The Hall–Kier alpha value is -1.63. The molecule has 1 saturated carbocycles. The van der Waals surface area contributed by atoms with Gasteiger partial charge in [-0.15, -0.1) is 0 Å². The van der Waals surface area contributed by atoms with Crippen molar-refractivity contribution in [3.05, 3.63) is 0 Å². The molecule has 7 heteroatoms. The molecule has 21 heavy (non-hydrogen) atoms. The van der Waals surface area contributed by atoms with E-state index in [2.05, 4.69) is 52.9 Å². The molecule has 0 bridgehead atoms. The van der Waals surface area contributed by atoms with E-state index in [4.69, 9.17) is 10.5 Å². The molecule has 1 aromatic heterocycles. The Bertz CT molecular complexity index is 524. The lowest BCUT2D eigenvalue weighted by molar-refractivity contribution is 0.122. The SMILES string of the molecule is CC1(C)C(Nc2nc(N)nc(N3CCOCC3)n2)C1(C)C. The van der Waals surface area contributed by atoms with Crippen LogP contribution in [0.1, 0.15) is 27.7 Å². The first kappa shape index (κ1) is 14.3. The van der Waals surface area contributed by atoms with Gasteiger partial charge in [-0.1, -0.05) is 27.7 Å². The minimum Gasteiger partial charge on any atom is -0.378 e. The van der Waals surface area contributed by atoms with Crippen molar-refractivity contribution in [2.75, 3.05) is 42.3 Å². The Labute approximate surface area is 125 Å². The molecular weight excluding hydrogens is 268 g/mol. The second-order valence-electron chi connectivity index (χ2n) is 6.94. The van der Waals surface area contributed by atoms with Crippen molar-refractivity contribution in [2.45, 2.75) is 33.7 Å². The number of hydrogen-bond acceptors (Lipinski definition) is 7. The Balaban J connectivity index is 1.79. The third-order valence-electron chi connectivity index (χ3n) is 5.23. The fourth-order valence-corrected chi connectivity index (χ4v) is 3.04. The van der Waals surface area contributed by atoms with Crippen molar-refractivity contribution in [2.24, 2.45) is 10.8 Å². The van der Waals surface area contributed by atoms with Gasteiger partial charge in [-0.2, -0.15) is 15.0 Å². The monoisotopic (exact) mass is 292 g/mol. The van der Waals surface area contributed by atoms with Crippen LogP contribution >= 0.6 is 0 Å². The van der Waals surface area contributed by atoms with Crippen molar-refractivity contribution in [1.82, 2.24) is 15.0 Å². The smallest absolute Gasteiger partial charge is 0.232 e. The highest BCUT2D eigenvalue weighted by Crippen LogP contribution is 2.63. The molecule has 0 aromatic carbocycles. The lowest BCUT2D eigenvalue weighted by Crippen LogP contribution is -2.37. The fourth-order valence-electron chi connectivity index (χ4n) is 3.04. The van der Waals surface area contributed by atoms with E-state index in [0.717, 1.165) is 13.1 Å². The first-order valence-electron chi connectivity index (χ1n) is 7.43. The van der Waals surface area contributed by atoms with E-state index >= 15 is 0 Å². The van der Waals surface area contributed by atoms with E-state index in [-0.39, 0.29) is 16.8 Å². The first-order valence-corrected chi connectivity index (χ1v) is 7.43. The quantitative estimate of drug-likeness (QED) is 0.863. The maximum Gasteiger partial charge on any atom is 0.232 e. The number of nitrogens with two attached hydrogens (primary N) is 1. The van der Waals surface area contributed by atoms with Gasteiger partial charge in [0.1, 0.15) is 0 Å². The minimum absolute atomic E-state index is 0.216. The van der Waals surface area contributed by atoms with Gasteiger partial charge in [0.25, 0.3) is 0 Å². The number of ether oxygens (including phenoxy) is 1. The summed E-state index contributed by atoms with van der Waals surface area (Å²) in [5, 5.41) is 3.42. The number of morpholine rings is 1. The van der Waals surface area contributed by atoms with E-state index in [1.807, 2.05) is 0 Å². The van der Waals surface area contributed by atoms with Crippen molar-refractivity contribution in [1.29, 1.82) is 0 Å². The predicted molar refractivity (Wildman–Crippen MR) is 82.2 cm³/mol. The normalized spacial score (nSPS) is 23.9. The number of aromatic nitrogens is 3. The lowest BCUT2D eigenvalue weighted by Gasteiger charge is -2.26. The Kier molecular flexibility index (Phi) is 3.20. The summed E-state index contributed by atoms with van der Waals surface area (Å²) in [6, 6.07) is 0.337. The largest absolute Gasteiger partial charge is 0.378 e. The standard InChI is InChI=1S/C14H24N6O/c1-13(2)9(14(13,3)4)16-11-17-10(15)18-12(19-11)20-5-7-21-8-6-20/h9H,5-8H2,1-4H3,(H3,15,16,17,18,19). The predicted octanol–water partition coefficient (Wildman–Crippen LogP) is 1.14. The van der Waals surface area contributed by atoms with E-state index in [9.17, 15) is 0 Å². The van der Waals surface area contributed by atoms with Crippen LogP contribution in [-0.4, -0.2) is 47.3 Å². The molecule has 7 nitrogen and oxygen atoms in total. The number of anilines is 3. The lowest BCUT2D eigenvalue weighted by atomic mass is 10.0.